The van der Waals surface area contributed by atoms with Gasteiger partial charge in [-0.3, -0.25) is 9.48 Å². The fourth-order valence-electron chi connectivity index (χ4n) is 1.46. The summed E-state index contributed by atoms with van der Waals surface area (Å²) in [6.45, 7) is 1.79. The molecule has 0 aliphatic heterocycles. The average molecular weight is 285 g/mol. The molecule has 0 aliphatic carbocycles. The number of carbonyl (C=O) groups excluding carboxylic acids is 1. The van der Waals surface area contributed by atoms with E-state index in [-0.39, 0.29) is 16.2 Å². The van der Waals surface area contributed by atoms with E-state index >= 15 is 0 Å². The Morgan fingerprint density at radius 3 is 2.72 bits per heavy atom. The molecule has 0 aliphatic rings. The van der Waals surface area contributed by atoms with E-state index in [1.165, 1.54) is 0 Å². The minimum atomic E-state index is -0.343. The number of hydrogen-bond acceptors (Lipinski definition) is 3. The van der Waals surface area contributed by atoms with Crippen molar-refractivity contribution in [1.82, 2.24) is 14.8 Å². The summed E-state index contributed by atoms with van der Waals surface area (Å²) in [5.41, 5.74) is 1.49. The fraction of sp³-hybridized carbons (Fsp3) is 0.182. The van der Waals surface area contributed by atoms with Crippen molar-refractivity contribution in [3.8, 4) is 0 Å². The fourth-order valence-corrected chi connectivity index (χ4v) is 2.04. The number of amides is 1. The molecule has 0 fully saturated rings. The molecule has 0 atom stereocenters. The standard InChI is InChI=1S/C11H10Cl2N4O/c1-6-5-8(12)14-10(13)9(6)15-11(18)7-3-4-17(2)16-7/h3-5H,1-2H3,(H,15,18). The molecule has 0 radical (unpaired) electrons. The Balaban J connectivity index is 2.27. The molecule has 1 amide bonds. The first-order valence-corrected chi connectivity index (χ1v) is 5.86. The van der Waals surface area contributed by atoms with Crippen molar-refractivity contribution in [3.63, 3.8) is 0 Å². The minimum Gasteiger partial charge on any atom is -0.318 e. The van der Waals surface area contributed by atoms with E-state index in [4.69, 9.17) is 23.2 Å². The van der Waals surface area contributed by atoms with Gasteiger partial charge in [0.1, 0.15) is 5.15 Å². The summed E-state index contributed by atoms with van der Waals surface area (Å²) in [7, 11) is 1.73. The summed E-state index contributed by atoms with van der Waals surface area (Å²) in [6, 6.07) is 3.24. The van der Waals surface area contributed by atoms with Crippen LogP contribution in [0.4, 0.5) is 5.69 Å². The lowest BCUT2D eigenvalue weighted by Crippen LogP contribution is -2.14. The maximum absolute atomic E-state index is 11.9. The van der Waals surface area contributed by atoms with Gasteiger partial charge in [0.15, 0.2) is 10.8 Å². The Morgan fingerprint density at radius 1 is 1.44 bits per heavy atom. The Labute approximate surface area is 114 Å². The molecule has 0 bridgehead atoms. The van der Waals surface area contributed by atoms with Crippen molar-refractivity contribution in [2.75, 3.05) is 5.32 Å². The van der Waals surface area contributed by atoms with Gasteiger partial charge >= 0.3 is 0 Å². The van der Waals surface area contributed by atoms with Crippen LogP contribution < -0.4 is 5.32 Å². The molecule has 0 spiro atoms. The number of aromatic nitrogens is 3. The summed E-state index contributed by atoms with van der Waals surface area (Å²) in [4.78, 5) is 15.8. The number of pyridine rings is 1. The smallest absolute Gasteiger partial charge is 0.276 e. The highest BCUT2D eigenvalue weighted by atomic mass is 35.5. The lowest BCUT2D eigenvalue weighted by atomic mass is 10.2. The molecule has 0 saturated heterocycles. The van der Waals surface area contributed by atoms with Crippen LogP contribution in [0.25, 0.3) is 0 Å². The van der Waals surface area contributed by atoms with E-state index in [1.54, 1.807) is 37.0 Å². The predicted molar refractivity (Wildman–Crippen MR) is 70.2 cm³/mol. The molecule has 0 aromatic carbocycles. The van der Waals surface area contributed by atoms with Crippen LogP contribution in [0.1, 0.15) is 16.1 Å². The molecule has 5 nitrogen and oxygen atoms in total. The number of rotatable bonds is 2. The maximum atomic E-state index is 11.9. The number of nitrogens with one attached hydrogen (secondary N) is 1. The van der Waals surface area contributed by atoms with E-state index in [1.807, 2.05) is 0 Å². The van der Waals surface area contributed by atoms with Crippen molar-refractivity contribution in [1.29, 1.82) is 0 Å². The van der Waals surface area contributed by atoms with E-state index in [2.05, 4.69) is 15.4 Å². The second-order valence-electron chi connectivity index (χ2n) is 3.76. The third-order valence-electron chi connectivity index (χ3n) is 2.33. The number of halogens is 2. The Kier molecular flexibility index (Phi) is 3.54. The number of hydrogen-bond donors (Lipinski definition) is 1. The third-order valence-corrected chi connectivity index (χ3v) is 2.79. The summed E-state index contributed by atoms with van der Waals surface area (Å²) in [5, 5.41) is 7.11. The number of nitrogens with zero attached hydrogens (tertiary/aromatic N) is 3. The molecule has 0 saturated carbocycles. The quantitative estimate of drug-likeness (QED) is 0.863. The average Bonchev–Trinajstić information content (AvgIpc) is 2.70. The van der Waals surface area contributed by atoms with Gasteiger partial charge in [-0.1, -0.05) is 23.2 Å². The zero-order valence-corrected chi connectivity index (χ0v) is 11.2. The van der Waals surface area contributed by atoms with Crippen LogP contribution in [0.3, 0.4) is 0 Å². The molecule has 2 aromatic rings. The number of anilines is 1. The molecule has 2 heterocycles. The maximum Gasteiger partial charge on any atom is 0.276 e. The molecule has 7 heteroatoms. The normalized spacial score (nSPS) is 10.4. The topological polar surface area (TPSA) is 59.8 Å². The number of aryl methyl sites for hydroxylation is 2. The lowest BCUT2D eigenvalue weighted by molar-refractivity contribution is 0.102. The predicted octanol–water partition coefficient (Wildman–Crippen LogP) is 2.68. The van der Waals surface area contributed by atoms with Crippen LogP contribution in [0.2, 0.25) is 10.3 Å². The first kappa shape index (κ1) is 12.9. The Morgan fingerprint density at radius 2 is 2.17 bits per heavy atom. The second kappa shape index (κ2) is 4.96. The van der Waals surface area contributed by atoms with E-state index < -0.39 is 0 Å². The highest BCUT2D eigenvalue weighted by molar-refractivity contribution is 6.35. The molecule has 18 heavy (non-hydrogen) atoms. The van der Waals surface area contributed by atoms with Gasteiger partial charge in [-0.15, -0.1) is 0 Å². The SMILES string of the molecule is Cc1cc(Cl)nc(Cl)c1NC(=O)c1ccn(C)n1. The highest BCUT2D eigenvalue weighted by Crippen LogP contribution is 2.26. The van der Waals surface area contributed by atoms with E-state index in [9.17, 15) is 4.79 Å². The highest BCUT2D eigenvalue weighted by Gasteiger charge is 2.14. The zero-order valence-electron chi connectivity index (χ0n) is 9.74. The largest absolute Gasteiger partial charge is 0.318 e. The molecule has 2 aromatic heterocycles. The first-order valence-electron chi connectivity index (χ1n) is 5.11. The minimum absolute atomic E-state index is 0.157. The summed E-state index contributed by atoms with van der Waals surface area (Å²) in [6.07, 6.45) is 1.68. The van der Waals surface area contributed by atoms with Gasteiger partial charge in [-0.25, -0.2) is 4.98 Å². The van der Waals surface area contributed by atoms with Gasteiger partial charge in [0, 0.05) is 13.2 Å². The number of carbonyl (C=O) groups is 1. The van der Waals surface area contributed by atoms with Crippen LogP contribution >= 0.6 is 23.2 Å². The molecular formula is C11H10Cl2N4O. The Bertz CT molecular complexity index is 586. The van der Waals surface area contributed by atoms with Gasteiger partial charge in [-0.2, -0.15) is 5.10 Å². The molecular weight excluding hydrogens is 275 g/mol. The first-order chi connectivity index (χ1) is 8.47. The van der Waals surface area contributed by atoms with Crippen molar-refractivity contribution in [2.24, 2.45) is 7.05 Å². The third kappa shape index (κ3) is 2.63. The van der Waals surface area contributed by atoms with E-state index in [0.717, 1.165) is 5.56 Å². The van der Waals surface area contributed by atoms with Gasteiger partial charge in [-0.05, 0) is 24.6 Å². The van der Waals surface area contributed by atoms with Crippen LogP contribution in [0.15, 0.2) is 18.3 Å². The van der Waals surface area contributed by atoms with Crippen molar-refractivity contribution < 1.29 is 4.79 Å². The van der Waals surface area contributed by atoms with Crippen LogP contribution in [-0.2, 0) is 7.05 Å². The summed E-state index contributed by atoms with van der Waals surface area (Å²) in [5.74, 6) is -0.343. The molecule has 2 rings (SSSR count). The summed E-state index contributed by atoms with van der Waals surface area (Å²) < 4.78 is 1.55. The molecule has 94 valence electrons. The Hall–Kier alpha value is -1.59. The van der Waals surface area contributed by atoms with Gasteiger partial charge in [0.2, 0.25) is 0 Å². The van der Waals surface area contributed by atoms with Crippen LogP contribution in [0.5, 0.6) is 0 Å². The zero-order chi connectivity index (χ0) is 13.3. The van der Waals surface area contributed by atoms with Crippen LogP contribution in [0, 0.1) is 6.92 Å². The van der Waals surface area contributed by atoms with Gasteiger partial charge < -0.3 is 5.32 Å². The van der Waals surface area contributed by atoms with Crippen molar-refractivity contribution in [3.05, 3.63) is 39.9 Å². The lowest BCUT2D eigenvalue weighted by Gasteiger charge is -2.08. The monoisotopic (exact) mass is 284 g/mol. The molecule has 0 unspecified atom stereocenters. The van der Waals surface area contributed by atoms with Crippen LogP contribution in [-0.4, -0.2) is 20.7 Å². The second-order valence-corrected chi connectivity index (χ2v) is 4.50. The van der Waals surface area contributed by atoms with Gasteiger partial charge in [0.05, 0.1) is 5.69 Å². The summed E-state index contributed by atoms with van der Waals surface area (Å²) >= 11 is 11.7. The van der Waals surface area contributed by atoms with E-state index in [0.29, 0.717) is 11.4 Å². The van der Waals surface area contributed by atoms with Crippen molar-refractivity contribution in [2.45, 2.75) is 6.92 Å². The van der Waals surface area contributed by atoms with Crippen molar-refractivity contribution >= 4 is 34.8 Å². The molecule has 1 N–H and O–H groups in total. The van der Waals surface area contributed by atoms with Gasteiger partial charge in [0.25, 0.3) is 5.91 Å².